The molecule has 0 spiro atoms. The van der Waals surface area contributed by atoms with Crippen molar-refractivity contribution in [3.05, 3.63) is 20.8 Å². The summed E-state index contributed by atoms with van der Waals surface area (Å²) < 4.78 is 1.09. The van der Waals surface area contributed by atoms with Crippen molar-refractivity contribution in [1.29, 1.82) is 0 Å². The molecule has 2 N–H and O–H groups in total. The van der Waals surface area contributed by atoms with Crippen LogP contribution in [0.5, 0.6) is 0 Å². The Kier molecular flexibility index (Phi) is 4.41. The van der Waals surface area contributed by atoms with Gasteiger partial charge in [-0.3, -0.25) is 0 Å². The summed E-state index contributed by atoms with van der Waals surface area (Å²) in [4.78, 5) is 1.06. The second-order valence-corrected chi connectivity index (χ2v) is 6.94. The van der Waals surface area contributed by atoms with Crippen LogP contribution < -0.4 is 5.32 Å². The fourth-order valence-electron chi connectivity index (χ4n) is 2.33. The summed E-state index contributed by atoms with van der Waals surface area (Å²) >= 11 is 5.06. The van der Waals surface area contributed by atoms with Gasteiger partial charge >= 0.3 is 0 Å². The van der Waals surface area contributed by atoms with Crippen LogP contribution in [0.1, 0.15) is 37.2 Å². The average Bonchev–Trinajstić information content (AvgIpc) is 2.75. The molecule has 0 amide bonds. The van der Waals surface area contributed by atoms with Gasteiger partial charge in [-0.2, -0.15) is 0 Å². The quantitative estimate of drug-likeness (QED) is 0.898. The molecule has 1 aromatic rings. The summed E-state index contributed by atoms with van der Waals surface area (Å²) in [6.07, 6.45) is 3.20. The summed E-state index contributed by atoms with van der Waals surface area (Å²) in [5.41, 5.74) is 0. The third kappa shape index (κ3) is 2.86. The molecular weight excluding hydrogens is 286 g/mol. The van der Waals surface area contributed by atoms with Gasteiger partial charge in [0.2, 0.25) is 0 Å². The van der Waals surface area contributed by atoms with Crippen LogP contribution in [-0.4, -0.2) is 17.7 Å². The van der Waals surface area contributed by atoms with Gasteiger partial charge in [0.05, 0.1) is 3.79 Å². The highest BCUT2D eigenvalue weighted by molar-refractivity contribution is 9.11. The maximum absolute atomic E-state index is 10.3. The molecule has 2 rings (SSSR count). The molecule has 90 valence electrons. The third-order valence-electron chi connectivity index (χ3n) is 3.39. The Balaban J connectivity index is 2.01. The Morgan fingerprint density at radius 1 is 1.62 bits per heavy atom. The van der Waals surface area contributed by atoms with E-state index in [0.717, 1.165) is 27.5 Å². The van der Waals surface area contributed by atoms with E-state index in [1.807, 2.05) is 12.1 Å². The van der Waals surface area contributed by atoms with Crippen LogP contribution in [0.4, 0.5) is 0 Å². The summed E-state index contributed by atoms with van der Waals surface area (Å²) in [6, 6.07) is 4.24. The predicted molar refractivity (Wildman–Crippen MR) is 71.8 cm³/mol. The Morgan fingerprint density at radius 2 is 2.44 bits per heavy atom. The van der Waals surface area contributed by atoms with Gasteiger partial charge < -0.3 is 10.4 Å². The zero-order chi connectivity index (χ0) is 11.5. The van der Waals surface area contributed by atoms with Crippen molar-refractivity contribution < 1.29 is 5.11 Å². The maximum atomic E-state index is 10.3. The fourth-order valence-corrected chi connectivity index (χ4v) is 3.81. The SMILES string of the molecule is CCC1CCNC(C(O)c2ccc(Br)s2)C1. The predicted octanol–water partition coefficient (Wildman–Crippen LogP) is 3.32. The Hall–Kier alpha value is 0.1000. The van der Waals surface area contributed by atoms with Crippen LogP contribution in [0, 0.1) is 5.92 Å². The van der Waals surface area contributed by atoms with Crippen molar-refractivity contribution in [3.8, 4) is 0 Å². The molecule has 1 aliphatic heterocycles. The van der Waals surface area contributed by atoms with Gasteiger partial charge in [0, 0.05) is 10.9 Å². The van der Waals surface area contributed by atoms with E-state index in [9.17, 15) is 5.11 Å². The summed E-state index contributed by atoms with van der Waals surface area (Å²) in [5.74, 6) is 0.768. The molecule has 0 radical (unpaired) electrons. The highest BCUT2D eigenvalue weighted by Crippen LogP contribution is 2.32. The van der Waals surface area contributed by atoms with E-state index in [0.29, 0.717) is 0 Å². The lowest BCUT2D eigenvalue weighted by atomic mass is 9.88. The van der Waals surface area contributed by atoms with Crippen molar-refractivity contribution in [2.75, 3.05) is 6.54 Å². The van der Waals surface area contributed by atoms with Gasteiger partial charge in [0.15, 0.2) is 0 Å². The van der Waals surface area contributed by atoms with Crippen molar-refractivity contribution in [3.63, 3.8) is 0 Å². The molecule has 0 aromatic carbocycles. The van der Waals surface area contributed by atoms with Crippen LogP contribution in [0.2, 0.25) is 0 Å². The van der Waals surface area contributed by atoms with E-state index < -0.39 is 0 Å². The first kappa shape index (κ1) is 12.6. The molecule has 3 atom stereocenters. The number of hydrogen-bond donors (Lipinski definition) is 2. The third-order valence-corrected chi connectivity index (χ3v) is 5.08. The van der Waals surface area contributed by atoms with E-state index in [2.05, 4.69) is 28.2 Å². The molecule has 0 bridgehead atoms. The monoisotopic (exact) mass is 303 g/mol. The van der Waals surface area contributed by atoms with Crippen LogP contribution >= 0.6 is 27.3 Å². The highest BCUT2D eigenvalue weighted by atomic mass is 79.9. The standard InChI is InChI=1S/C12H18BrNOS/c1-2-8-5-6-14-9(7-8)12(15)10-3-4-11(13)16-10/h3-4,8-9,12,14-15H,2,5-7H2,1H3. The van der Waals surface area contributed by atoms with E-state index >= 15 is 0 Å². The average molecular weight is 304 g/mol. The van der Waals surface area contributed by atoms with Crippen molar-refractivity contribution in [2.45, 2.75) is 38.3 Å². The maximum Gasteiger partial charge on any atom is 0.103 e. The van der Waals surface area contributed by atoms with Crippen molar-refractivity contribution in [2.24, 2.45) is 5.92 Å². The summed E-state index contributed by atoms with van der Waals surface area (Å²) in [7, 11) is 0. The second-order valence-electron chi connectivity index (χ2n) is 4.45. The number of halogens is 1. The number of nitrogens with one attached hydrogen (secondary N) is 1. The Labute approximate surface area is 109 Å². The number of thiophene rings is 1. The molecule has 4 heteroatoms. The Morgan fingerprint density at radius 3 is 3.06 bits per heavy atom. The number of aliphatic hydroxyl groups excluding tert-OH is 1. The lowest BCUT2D eigenvalue weighted by Crippen LogP contribution is -2.41. The molecule has 1 aromatic heterocycles. The normalized spacial score (nSPS) is 27.9. The first-order valence-corrected chi connectivity index (χ1v) is 7.48. The number of rotatable bonds is 3. The van der Waals surface area contributed by atoms with Crippen LogP contribution in [0.15, 0.2) is 15.9 Å². The van der Waals surface area contributed by atoms with Crippen molar-refractivity contribution in [1.82, 2.24) is 5.32 Å². The minimum absolute atomic E-state index is 0.226. The zero-order valence-corrected chi connectivity index (χ0v) is 11.9. The highest BCUT2D eigenvalue weighted by Gasteiger charge is 2.27. The van der Waals surface area contributed by atoms with Gasteiger partial charge in [-0.15, -0.1) is 11.3 Å². The fraction of sp³-hybridized carbons (Fsp3) is 0.667. The number of aliphatic hydroxyl groups is 1. The van der Waals surface area contributed by atoms with E-state index in [-0.39, 0.29) is 12.1 Å². The molecule has 0 aliphatic carbocycles. The van der Waals surface area contributed by atoms with E-state index in [4.69, 9.17) is 0 Å². The minimum atomic E-state index is -0.356. The largest absolute Gasteiger partial charge is 0.386 e. The lowest BCUT2D eigenvalue weighted by Gasteiger charge is -2.32. The molecular formula is C12H18BrNOS. The smallest absolute Gasteiger partial charge is 0.103 e. The summed E-state index contributed by atoms with van der Waals surface area (Å²) in [6.45, 7) is 3.27. The van der Waals surface area contributed by atoms with Gasteiger partial charge in [-0.05, 0) is 53.4 Å². The molecule has 1 saturated heterocycles. The molecule has 1 aliphatic rings. The second kappa shape index (κ2) is 5.63. The first-order valence-electron chi connectivity index (χ1n) is 5.87. The summed E-state index contributed by atoms with van der Waals surface area (Å²) in [5, 5.41) is 13.7. The Bertz CT molecular complexity index is 342. The van der Waals surface area contributed by atoms with Gasteiger partial charge in [0.25, 0.3) is 0 Å². The molecule has 2 nitrogen and oxygen atoms in total. The number of hydrogen-bond acceptors (Lipinski definition) is 3. The first-order chi connectivity index (χ1) is 7.70. The molecule has 1 fully saturated rings. The topological polar surface area (TPSA) is 32.3 Å². The van der Waals surface area contributed by atoms with E-state index in [1.165, 1.54) is 12.8 Å². The van der Waals surface area contributed by atoms with Gasteiger partial charge in [-0.25, -0.2) is 0 Å². The molecule has 0 saturated carbocycles. The molecule has 16 heavy (non-hydrogen) atoms. The zero-order valence-electron chi connectivity index (χ0n) is 9.45. The molecule has 2 heterocycles. The van der Waals surface area contributed by atoms with Crippen molar-refractivity contribution >= 4 is 27.3 Å². The van der Waals surface area contributed by atoms with Crippen LogP contribution in [-0.2, 0) is 0 Å². The number of piperidine rings is 1. The van der Waals surface area contributed by atoms with Gasteiger partial charge in [-0.1, -0.05) is 13.3 Å². The lowest BCUT2D eigenvalue weighted by molar-refractivity contribution is 0.101. The van der Waals surface area contributed by atoms with E-state index in [1.54, 1.807) is 11.3 Å². The van der Waals surface area contributed by atoms with Gasteiger partial charge in [0.1, 0.15) is 6.10 Å². The van der Waals surface area contributed by atoms with Crippen LogP contribution in [0.3, 0.4) is 0 Å². The minimum Gasteiger partial charge on any atom is -0.386 e. The van der Waals surface area contributed by atoms with Crippen LogP contribution in [0.25, 0.3) is 0 Å². The molecule has 3 unspecified atom stereocenters.